The Balaban J connectivity index is 0. The summed E-state index contributed by atoms with van der Waals surface area (Å²) in [5.74, 6) is 0.910. The molecule has 0 N–H and O–H groups in total. The molecule has 0 aliphatic carbocycles. The highest BCUT2D eigenvalue weighted by Crippen LogP contribution is 2.05. The lowest BCUT2D eigenvalue weighted by molar-refractivity contribution is 0.415. The van der Waals surface area contributed by atoms with Gasteiger partial charge in [0.15, 0.2) is 0 Å². The second-order valence-corrected chi connectivity index (χ2v) is 1.52. The number of ether oxygens (including phenoxy) is 1. The molecule has 0 saturated heterocycles. The maximum absolute atomic E-state index is 4.91. The van der Waals surface area contributed by atoms with E-state index in [1.165, 1.54) is 6.82 Å². The van der Waals surface area contributed by atoms with Gasteiger partial charge in [-0.25, -0.2) is 0 Å². The highest BCUT2D eigenvalue weighted by atomic mass is 16.5. The van der Waals surface area contributed by atoms with E-state index < -0.39 is 0 Å². The lowest BCUT2D eigenvalue weighted by Gasteiger charge is -1.93. The van der Waals surface area contributed by atoms with E-state index in [1.54, 1.807) is 7.11 Å². The molecule has 1 aromatic carbocycles. The molecule has 0 bridgehead atoms. The zero-order valence-corrected chi connectivity index (χ0v) is 8.37. The first-order chi connectivity index (χ1) is 5.93. The van der Waals surface area contributed by atoms with Crippen molar-refractivity contribution in [2.75, 3.05) is 7.11 Å². The molecular weight excluding hydrogens is 147 g/mol. The fourth-order valence-corrected chi connectivity index (χ4v) is 0.557. The molecule has 0 heterocycles. The molecule has 12 heavy (non-hydrogen) atoms. The van der Waals surface area contributed by atoms with Gasteiger partial charge < -0.3 is 4.74 Å². The largest absolute Gasteiger partial charge is 0.497 e. The summed E-state index contributed by atoms with van der Waals surface area (Å²) in [6.45, 7) is 5.50. The standard InChI is InChI=1S/C7H8O.C2H6.CH3B/c1-8-7-5-3-2-4-6-7;2*1-2/h2-6H,1H3;1-2H3;1H3. The summed E-state index contributed by atoms with van der Waals surface area (Å²) >= 11 is 0. The lowest BCUT2D eigenvalue weighted by Crippen LogP contribution is -1.78. The van der Waals surface area contributed by atoms with Crippen molar-refractivity contribution >= 4 is 7.85 Å². The molecule has 0 aliphatic rings. The van der Waals surface area contributed by atoms with Crippen LogP contribution in [-0.4, -0.2) is 15.0 Å². The summed E-state index contributed by atoms with van der Waals surface area (Å²) in [6.07, 6.45) is 0. The van der Waals surface area contributed by atoms with E-state index in [-0.39, 0.29) is 0 Å². The number of para-hydroxylation sites is 1. The molecule has 2 heteroatoms. The molecule has 0 spiro atoms. The average molecular weight is 164 g/mol. The SMILES string of the molecule is CC.COc1ccccc1.[B]C. The predicted molar refractivity (Wildman–Crippen MR) is 56.0 cm³/mol. The van der Waals surface area contributed by atoms with Crippen molar-refractivity contribution in [2.45, 2.75) is 20.7 Å². The van der Waals surface area contributed by atoms with E-state index >= 15 is 0 Å². The smallest absolute Gasteiger partial charge is 0.118 e. The molecule has 0 saturated carbocycles. The van der Waals surface area contributed by atoms with Crippen molar-refractivity contribution in [1.82, 2.24) is 0 Å². The van der Waals surface area contributed by atoms with Gasteiger partial charge in [-0.1, -0.05) is 38.9 Å². The first-order valence-electron chi connectivity index (χ1n) is 4.10. The van der Waals surface area contributed by atoms with Crippen LogP contribution in [0.1, 0.15) is 13.8 Å². The Kier molecular flexibility index (Phi) is 14.5. The van der Waals surface area contributed by atoms with Crippen LogP contribution in [0.15, 0.2) is 30.3 Å². The summed E-state index contributed by atoms with van der Waals surface area (Å²) in [4.78, 5) is 0. The molecule has 0 fully saturated rings. The molecule has 2 radical (unpaired) electrons. The molecular formula is C10H17BO. The second kappa shape index (κ2) is 12.7. The van der Waals surface area contributed by atoms with Gasteiger partial charge in [0, 0.05) is 0 Å². The van der Waals surface area contributed by atoms with E-state index in [0.29, 0.717) is 0 Å². The van der Waals surface area contributed by atoms with Gasteiger partial charge in [-0.05, 0) is 12.1 Å². The molecule has 66 valence electrons. The quantitative estimate of drug-likeness (QED) is 0.579. The first-order valence-corrected chi connectivity index (χ1v) is 4.10. The van der Waals surface area contributed by atoms with Crippen LogP contribution in [0.4, 0.5) is 0 Å². The number of benzene rings is 1. The number of hydrogen-bond donors (Lipinski definition) is 0. The van der Waals surface area contributed by atoms with Crippen LogP contribution in [0, 0.1) is 0 Å². The van der Waals surface area contributed by atoms with Crippen molar-refractivity contribution in [3.05, 3.63) is 30.3 Å². The minimum Gasteiger partial charge on any atom is -0.497 e. The van der Waals surface area contributed by atoms with Crippen molar-refractivity contribution in [2.24, 2.45) is 0 Å². The van der Waals surface area contributed by atoms with E-state index in [0.717, 1.165) is 5.75 Å². The molecule has 0 unspecified atom stereocenters. The number of methoxy groups -OCH3 is 1. The van der Waals surface area contributed by atoms with Gasteiger partial charge in [-0.3, -0.25) is 0 Å². The summed E-state index contributed by atoms with van der Waals surface area (Å²) in [7, 11) is 6.16. The average Bonchev–Trinajstić information content (AvgIpc) is 2.25. The Morgan fingerprint density at radius 2 is 1.42 bits per heavy atom. The maximum Gasteiger partial charge on any atom is 0.118 e. The summed E-state index contributed by atoms with van der Waals surface area (Å²) in [5, 5.41) is 0. The number of hydrogen-bond acceptors (Lipinski definition) is 1. The zero-order chi connectivity index (χ0) is 9.82. The van der Waals surface area contributed by atoms with E-state index in [2.05, 4.69) is 7.85 Å². The Labute approximate surface area is 77.2 Å². The van der Waals surface area contributed by atoms with Crippen LogP contribution >= 0.6 is 0 Å². The lowest BCUT2D eigenvalue weighted by atomic mass is 10.2. The predicted octanol–water partition coefficient (Wildman–Crippen LogP) is 2.92. The van der Waals surface area contributed by atoms with Gasteiger partial charge in [-0.2, -0.15) is 0 Å². The van der Waals surface area contributed by atoms with Crippen molar-refractivity contribution in [1.29, 1.82) is 0 Å². The monoisotopic (exact) mass is 164 g/mol. The van der Waals surface area contributed by atoms with Crippen molar-refractivity contribution in [3.8, 4) is 5.75 Å². The zero-order valence-electron chi connectivity index (χ0n) is 8.37. The van der Waals surface area contributed by atoms with E-state index in [4.69, 9.17) is 4.74 Å². The normalized spacial score (nSPS) is 6.67. The highest BCUT2D eigenvalue weighted by Gasteiger charge is 1.80. The Hall–Kier alpha value is -0.915. The Morgan fingerprint density at radius 3 is 1.67 bits per heavy atom. The molecule has 0 aromatic heterocycles. The van der Waals surface area contributed by atoms with Crippen LogP contribution in [0.25, 0.3) is 0 Å². The Morgan fingerprint density at radius 1 is 1.00 bits per heavy atom. The fraction of sp³-hybridized carbons (Fsp3) is 0.400. The third kappa shape index (κ3) is 7.20. The van der Waals surface area contributed by atoms with Crippen LogP contribution in [0.2, 0.25) is 6.82 Å². The van der Waals surface area contributed by atoms with Gasteiger partial charge in [0.05, 0.1) is 15.0 Å². The van der Waals surface area contributed by atoms with Crippen molar-refractivity contribution < 1.29 is 4.74 Å². The summed E-state index contributed by atoms with van der Waals surface area (Å²) in [5.41, 5.74) is 0. The van der Waals surface area contributed by atoms with Crippen LogP contribution < -0.4 is 4.74 Å². The first kappa shape index (κ1) is 13.7. The van der Waals surface area contributed by atoms with Gasteiger partial charge in [0.2, 0.25) is 0 Å². The Bertz CT molecular complexity index is 151. The highest BCUT2D eigenvalue weighted by molar-refractivity contribution is 6.05. The fourth-order valence-electron chi connectivity index (χ4n) is 0.557. The molecule has 1 nitrogen and oxygen atoms in total. The van der Waals surface area contributed by atoms with E-state index in [9.17, 15) is 0 Å². The molecule has 1 aromatic rings. The molecule has 0 atom stereocenters. The van der Waals surface area contributed by atoms with Crippen LogP contribution in [0.5, 0.6) is 5.75 Å². The van der Waals surface area contributed by atoms with Gasteiger partial charge in [0.1, 0.15) is 5.75 Å². The minimum atomic E-state index is 0.910. The molecule has 0 amide bonds. The molecule has 1 rings (SSSR count). The van der Waals surface area contributed by atoms with E-state index in [1.807, 2.05) is 44.2 Å². The third-order valence-electron chi connectivity index (χ3n) is 0.979. The minimum absolute atomic E-state index is 0.910. The summed E-state index contributed by atoms with van der Waals surface area (Å²) in [6, 6.07) is 9.68. The second-order valence-electron chi connectivity index (χ2n) is 1.52. The maximum atomic E-state index is 4.91. The third-order valence-corrected chi connectivity index (χ3v) is 0.979. The topological polar surface area (TPSA) is 9.23 Å². The van der Waals surface area contributed by atoms with Crippen molar-refractivity contribution in [3.63, 3.8) is 0 Å². The van der Waals surface area contributed by atoms with Crippen LogP contribution in [0.3, 0.4) is 0 Å². The van der Waals surface area contributed by atoms with Gasteiger partial charge in [-0.15, -0.1) is 0 Å². The summed E-state index contributed by atoms with van der Waals surface area (Å²) < 4.78 is 4.91. The molecule has 0 aliphatic heterocycles. The number of rotatable bonds is 1. The van der Waals surface area contributed by atoms with Gasteiger partial charge in [0.25, 0.3) is 0 Å². The van der Waals surface area contributed by atoms with Crippen LogP contribution in [-0.2, 0) is 0 Å². The van der Waals surface area contributed by atoms with Gasteiger partial charge >= 0.3 is 0 Å².